The normalized spacial score (nSPS) is 13.2. The number of nitrogens with zero attached hydrogens (tertiary/aromatic N) is 1. The first-order chi connectivity index (χ1) is 12.1. The van der Waals surface area contributed by atoms with Crippen molar-refractivity contribution < 1.29 is 18.7 Å². The second kappa shape index (κ2) is 7.42. The van der Waals surface area contributed by atoms with E-state index in [1.165, 1.54) is 6.07 Å². The minimum atomic E-state index is -0.365. The number of halogens is 1. The zero-order valence-electron chi connectivity index (χ0n) is 14.3. The summed E-state index contributed by atoms with van der Waals surface area (Å²) in [5, 5.41) is 2.86. The Hall–Kier alpha value is -2.76. The minimum absolute atomic E-state index is 0.0591. The Morgan fingerprint density at radius 1 is 1.16 bits per heavy atom. The van der Waals surface area contributed by atoms with Crippen LogP contribution in [0.3, 0.4) is 0 Å². The van der Waals surface area contributed by atoms with Crippen LogP contribution < -0.4 is 14.8 Å². The summed E-state index contributed by atoms with van der Waals surface area (Å²) in [5.74, 6) is 0.919. The van der Waals surface area contributed by atoms with Crippen molar-refractivity contribution in [1.29, 1.82) is 0 Å². The fourth-order valence-electron chi connectivity index (χ4n) is 2.98. The van der Waals surface area contributed by atoms with Gasteiger partial charge < -0.3 is 19.7 Å². The lowest BCUT2D eigenvalue weighted by Gasteiger charge is -2.30. The highest BCUT2D eigenvalue weighted by atomic mass is 19.1. The summed E-state index contributed by atoms with van der Waals surface area (Å²) < 4.78 is 24.3. The topological polar surface area (TPSA) is 50.8 Å². The van der Waals surface area contributed by atoms with Gasteiger partial charge in [-0.3, -0.25) is 4.79 Å². The molecule has 0 radical (unpaired) electrons. The molecule has 0 saturated carbocycles. The maximum Gasteiger partial charge on any atom is 0.242 e. The summed E-state index contributed by atoms with van der Waals surface area (Å²) in [6.45, 7) is 1.19. The molecule has 0 aromatic heterocycles. The third kappa shape index (κ3) is 3.68. The molecule has 132 valence electrons. The van der Waals surface area contributed by atoms with Crippen molar-refractivity contribution in [3.05, 3.63) is 53.3 Å². The Kier molecular flexibility index (Phi) is 5.07. The van der Waals surface area contributed by atoms with E-state index in [0.29, 0.717) is 30.3 Å². The highest BCUT2D eigenvalue weighted by molar-refractivity contribution is 5.81. The van der Waals surface area contributed by atoms with Crippen LogP contribution in [0.4, 0.5) is 10.1 Å². The number of amides is 1. The Labute approximate surface area is 146 Å². The molecule has 1 amide bonds. The summed E-state index contributed by atoms with van der Waals surface area (Å²) in [4.78, 5) is 14.2. The molecule has 0 aliphatic carbocycles. The lowest BCUT2D eigenvalue weighted by Crippen LogP contribution is -2.39. The first-order valence-electron chi connectivity index (χ1n) is 8.12. The molecule has 0 unspecified atom stereocenters. The number of benzene rings is 2. The highest BCUT2D eigenvalue weighted by Gasteiger charge is 2.22. The largest absolute Gasteiger partial charge is 0.493 e. The molecule has 0 spiro atoms. The van der Waals surface area contributed by atoms with E-state index in [1.54, 1.807) is 37.3 Å². The molecule has 25 heavy (non-hydrogen) atoms. The molecule has 5 nitrogen and oxygen atoms in total. The van der Waals surface area contributed by atoms with Crippen LogP contribution in [0.2, 0.25) is 0 Å². The van der Waals surface area contributed by atoms with Gasteiger partial charge >= 0.3 is 0 Å². The number of carbonyl (C=O) groups excluding carboxylic acids is 1. The van der Waals surface area contributed by atoms with Crippen LogP contribution in [-0.4, -0.2) is 38.1 Å². The Morgan fingerprint density at radius 3 is 2.52 bits per heavy atom. The molecule has 1 aliphatic heterocycles. The molecule has 2 aromatic carbocycles. The third-order valence-electron chi connectivity index (χ3n) is 4.37. The SMILES string of the molecule is COc1cc2c(cc1OC)CN(C(=O)CNc1ccccc1F)CC2. The molecule has 1 N–H and O–H groups in total. The van der Waals surface area contributed by atoms with Crippen LogP contribution in [0.1, 0.15) is 11.1 Å². The molecule has 0 bridgehead atoms. The molecule has 3 rings (SSSR count). The van der Waals surface area contributed by atoms with Crippen LogP contribution in [0, 0.1) is 5.82 Å². The molecule has 0 atom stereocenters. The number of anilines is 1. The van der Waals surface area contributed by atoms with Crippen molar-refractivity contribution in [2.45, 2.75) is 13.0 Å². The zero-order valence-corrected chi connectivity index (χ0v) is 14.3. The molecule has 1 aliphatic rings. The summed E-state index contributed by atoms with van der Waals surface area (Å²) in [6.07, 6.45) is 0.751. The van der Waals surface area contributed by atoms with Gasteiger partial charge in [-0.05, 0) is 41.8 Å². The second-order valence-corrected chi connectivity index (χ2v) is 5.87. The van der Waals surface area contributed by atoms with Gasteiger partial charge in [0, 0.05) is 13.1 Å². The average Bonchev–Trinajstić information content (AvgIpc) is 2.65. The quantitative estimate of drug-likeness (QED) is 0.906. The van der Waals surface area contributed by atoms with E-state index in [1.807, 2.05) is 12.1 Å². The van der Waals surface area contributed by atoms with E-state index in [4.69, 9.17) is 9.47 Å². The van der Waals surface area contributed by atoms with Crippen molar-refractivity contribution in [1.82, 2.24) is 4.90 Å². The smallest absolute Gasteiger partial charge is 0.242 e. The first kappa shape index (κ1) is 17.1. The Morgan fingerprint density at radius 2 is 1.84 bits per heavy atom. The number of fused-ring (bicyclic) bond motifs is 1. The van der Waals surface area contributed by atoms with Crippen molar-refractivity contribution in [2.75, 3.05) is 32.6 Å². The number of nitrogens with one attached hydrogen (secondary N) is 1. The number of hydrogen-bond acceptors (Lipinski definition) is 4. The lowest BCUT2D eigenvalue weighted by atomic mass is 9.98. The summed E-state index contributed by atoms with van der Waals surface area (Å²) in [7, 11) is 3.20. The fourth-order valence-corrected chi connectivity index (χ4v) is 2.98. The van der Waals surface area contributed by atoms with Gasteiger partial charge in [0.1, 0.15) is 5.82 Å². The number of carbonyl (C=O) groups is 1. The van der Waals surface area contributed by atoms with E-state index in [9.17, 15) is 9.18 Å². The van der Waals surface area contributed by atoms with Gasteiger partial charge in [-0.25, -0.2) is 4.39 Å². The standard InChI is InChI=1S/C19H21FN2O3/c1-24-17-9-13-7-8-22(12-14(13)10-18(17)25-2)19(23)11-21-16-6-4-3-5-15(16)20/h3-6,9-10,21H,7-8,11-12H2,1-2H3. The first-order valence-corrected chi connectivity index (χ1v) is 8.12. The van der Waals surface area contributed by atoms with Crippen LogP contribution in [-0.2, 0) is 17.8 Å². The number of rotatable bonds is 5. The van der Waals surface area contributed by atoms with Gasteiger partial charge in [-0.15, -0.1) is 0 Å². The van der Waals surface area contributed by atoms with E-state index >= 15 is 0 Å². The van der Waals surface area contributed by atoms with Crippen LogP contribution in [0.25, 0.3) is 0 Å². The van der Waals surface area contributed by atoms with Crippen molar-refractivity contribution >= 4 is 11.6 Å². The maximum atomic E-state index is 13.6. The summed E-state index contributed by atoms with van der Waals surface area (Å²) in [6, 6.07) is 10.2. The van der Waals surface area contributed by atoms with Gasteiger partial charge in [0.2, 0.25) is 5.91 Å². The van der Waals surface area contributed by atoms with E-state index < -0.39 is 0 Å². The van der Waals surface area contributed by atoms with Crippen molar-refractivity contribution in [3.63, 3.8) is 0 Å². The number of para-hydroxylation sites is 1. The molecular formula is C19H21FN2O3. The average molecular weight is 344 g/mol. The van der Waals surface area contributed by atoms with Crippen molar-refractivity contribution in [2.24, 2.45) is 0 Å². The fraction of sp³-hybridized carbons (Fsp3) is 0.316. The summed E-state index contributed by atoms with van der Waals surface area (Å²) >= 11 is 0. The van der Waals surface area contributed by atoms with Gasteiger partial charge in [0.15, 0.2) is 11.5 Å². The van der Waals surface area contributed by atoms with E-state index in [2.05, 4.69) is 5.32 Å². The minimum Gasteiger partial charge on any atom is -0.493 e. The van der Waals surface area contributed by atoms with Crippen LogP contribution in [0.5, 0.6) is 11.5 Å². The highest BCUT2D eigenvalue weighted by Crippen LogP contribution is 2.33. The molecule has 0 saturated heterocycles. The third-order valence-corrected chi connectivity index (χ3v) is 4.37. The number of methoxy groups -OCH3 is 2. The second-order valence-electron chi connectivity index (χ2n) is 5.87. The van der Waals surface area contributed by atoms with Gasteiger partial charge in [0.05, 0.1) is 26.5 Å². The molecular weight excluding hydrogens is 323 g/mol. The maximum absolute atomic E-state index is 13.6. The predicted molar refractivity (Wildman–Crippen MR) is 93.6 cm³/mol. The van der Waals surface area contributed by atoms with Gasteiger partial charge in [-0.2, -0.15) is 0 Å². The molecule has 2 aromatic rings. The number of ether oxygens (including phenoxy) is 2. The summed E-state index contributed by atoms with van der Waals surface area (Å²) in [5.41, 5.74) is 2.53. The van der Waals surface area contributed by atoms with E-state index in [-0.39, 0.29) is 18.3 Å². The molecule has 1 heterocycles. The Balaban J connectivity index is 1.67. The predicted octanol–water partition coefficient (Wildman–Crippen LogP) is 2.84. The van der Waals surface area contributed by atoms with Crippen LogP contribution in [0.15, 0.2) is 36.4 Å². The van der Waals surface area contributed by atoms with Crippen LogP contribution >= 0.6 is 0 Å². The van der Waals surface area contributed by atoms with Gasteiger partial charge in [-0.1, -0.05) is 12.1 Å². The zero-order chi connectivity index (χ0) is 17.8. The monoisotopic (exact) mass is 344 g/mol. The van der Waals surface area contributed by atoms with E-state index in [0.717, 1.165) is 17.5 Å². The number of hydrogen-bond donors (Lipinski definition) is 1. The van der Waals surface area contributed by atoms with Gasteiger partial charge in [0.25, 0.3) is 0 Å². The molecule has 0 fully saturated rings. The Bertz CT molecular complexity index is 779. The lowest BCUT2D eigenvalue weighted by molar-refractivity contribution is -0.130. The van der Waals surface area contributed by atoms with Crippen molar-refractivity contribution in [3.8, 4) is 11.5 Å². The molecule has 6 heteroatoms.